The van der Waals surface area contributed by atoms with Gasteiger partial charge in [-0.3, -0.25) is 0 Å². The molecule has 1 nitrogen and oxygen atoms in total. The molecule has 0 aromatic heterocycles. The molecule has 1 N–H and O–H groups in total. The van der Waals surface area contributed by atoms with Crippen LogP contribution in [0.3, 0.4) is 0 Å². The molecule has 0 amide bonds. The summed E-state index contributed by atoms with van der Waals surface area (Å²) in [6.45, 7) is 1.54. The minimum absolute atomic E-state index is 0.133. The Labute approximate surface area is 115 Å². The number of hydrogen-bond acceptors (Lipinski definition) is 1. The molecule has 0 spiro atoms. The van der Waals surface area contributed by atoms with Crippen molar-refractivity contribution in [3.63, 3.8) is 0 Å². The summed E-state index contributed by atoms with van der Waals surface area (Å²) in [5.74, 6) is -1.42. The lowest BCUT2D eigenvalue weighted by Crippen LogP contribution is -2.08. The van der Waals surface area contributed by atoms with E-state index >= 15 is 0 Å². The van der Waals surface area contributed by atoms with E-state index in [9.17, 15) is 13.9 Å². The summed E-state index contributed by atoms with van der Waals surface area (Å²) in [5.41, 5.74) is 0.790. The largest absolute Gasteiger partial charge is 0.388 e. The van der Waals surface area contributed by atoms with Crippen LogP contribution < -0.4 is 0 Å². The lowest BCUT2D eigenvalue weighted by atomic mass is 9.99. The Bertz CT molecular complexity index is 581. The van der Waals surface area contributed by atoms with Gasteiger partial charge >= 0.3 is 0 Å². The zero-order chi connectivity index (χ0) is 14.0. The van der Waals surface area contributed by atoms with E-state index in [1.165, 1.54) is 19.1 Å². The number of benzene rings is 2. The molecule has 0 saturated carbocycles. The maximum Gasteiger partial charge on any atom is 0.134 e. The second kappa shape index (κ2) is 5.68. The van der Waals surface area contributed by atoms with Gasteiger partial charge in [-0.1, -0.05) is 29.8 Å². The highest BCUT2D eigenvalue weighted by Gasteiger charge is 2.19. The predicted molar refractivity (Wildman–Crippen MR) is 71.2 cm³/mol. The number of aryl methyl sites for hydroxylation is 1. The van der Waals surface area contributed by atoms with E-state index in [1.54, 1.807) is 24.3 Å². The fourth-order valence-corrected chi connectivity index (χ4v) is 2.06. The molecule has 0 bridgehead atoms. The molecule has 4 heteroatoms. The van der Waals surface area contributed by atoms with E-state index in [0.29, 0.717) is 10.6 Å². The van der Waals surface area contributed by atoms with E-state index in [4.69, 9.17) is 11.6 Å². The van der Waals surface area contributed by atoms with Crippen LogP contribution in [0, 0.1) is 18.6 Å². The van der Waals surface area contributed by atoms with Crippen molar-refractivity contribution < 1.29 is 13.9 Å². The highest BCUT2D eigenvalue weighted by Crippen LogP contribution is 2.26. The smallest absolute Gasteiger partial charge is 0.134 e. The fraction of sp³-hybridized carbons (Fsp3) is 0.200. The van der Waals surface area contributed by atoms with Crippen molar-refractivity contribution in [3.8, 4) is 0 Å². The molecule has 0 saturated heterocycles. The second-order valence-electron chi connectivity index (χ2n) is 4.44. The topological polar surface area (TPSA) is 20.2 Å². The van der Waals surface area contributed by atoms with E-state index in [0.717, 1.165) is 5.56 Å². The molecule has 2 rings (SSSR count). The molecule has 0 radical (unpaired) electrons. The van der Waals surface area contributed by atoms with Crippen LogP contribution >= 0.6 is 11.6 Å². The van der Waals surface area contributed by atoms with Gasteiger partial charge < -0.3 is 5.11 Å². The summed E-state index contributed by atoms with van der Waals surface area (Å²) in [6.07, 6.45) is -1.09. The predicted octanol–water partition coefficient (Wildman–Crippen LogP) is 4.20. The number of halogens is 3. The molecule has 100 valence electrons. The standard InChI is InChI=1S/C15H13ClF2O/c1-9-2-7-12(17)14(15(9)18)13(19)8-10-3-5-11(16)6-4-10/h2-7,13,19H,8H2,1H3. The normalized spacial score (nSPS) is 12.5. The third kappa shape index (κ3) is 3.11. The van der Waals surface area contributed by atoms with Crippen LogP contribution in [-0.2, 0) is 6.42 Å². The summed E-state index contributed by atoms with van der Waals surface area (Å²) < 4.78 is 27.5. The maximum absolute atomic E-state index is 13.9. The van der Waals surface area contributed by atoms with Gasteiger partial charge in [0.2, 0.25) is 0 Å². The Morgan fingerprint density at radius 3 is 2.37 bits per heavy atom. The molecular weight excluding hydrogens is 270 g/mol. The zero-order valence-corrected chi connectivity index (χ0v) is 11.1. The minimum atomic E-state index is -1.22. The Morgan fingerprint density at radius 1 is 1.11 bits per heavy atom. The van der Waals surface area contributed by atoms with E-state index in [1.807, 2.05) is 0 Å². The van der Waals surface area contributed by atoms with Crippen LogP contribution in [0.15, 0.2) is 36.4 Å². The van der Waals surface area contributed by atoms with Crippen molar-refractivity contribution in [1.82, 2.24) is 0 Å². The summed E-state index contributed by atoms with van der Waals surface area (Å²) in [6, 6.07) is 9.30. The first-order valence-electron chi connectivity index (χ1n) is 5.86. The third-order valence-electron chi connectivity index (χ3n) is 3.00. The van der Waals surface area contributed by atoms with Crippen LogP contribution in [0.4, 0.5) is 8.78 Å². The van der Waals surface area contributed by atoms with Gasteiger partial charge in [-0.2, -0.15) is 0 Å². The summed E-state index contributed by atoms with van der Waals surface area (Å²) in [5, 5.41) is 10.6. The summed E-state index contributed by atoms with van der Waals surface area (Å²) >= 11 is 5.75. The van der Waals surface area contributed by atoms with Crippen molar-refractivity contribution >= 4 is 11.6 Å². The second-order valence-corrected chi connectivity index (χ2v) is 4.87. The van der Waals surface area contributed by atoms with Gasteiger partial charge in [0, 0.05) is 11.4 Å². The first-order chi connectivity index (χ1) is 8.99. The van der Waals surface area contributed by atoms with Gasteiger partial charge in [-0.05, 0) is 36.2 Å². The Kier molecular flexibility index (Phi) is 4.17. The van der Waals surface area contributed by atoms with Crippen molar-refractivity contribution in [3.05, 3.63) is 69.7 Å². The first kappa shape index (κ1) is 14.0. The lowest BCUT2D eigenvalue weighted by molar-refractivity contribution is 0.168. The SMILES string of the molecule is Cc1ccc(F)c(C(O)Cc2ccc(Cl)cc2)c1F. The quantitative estimate of drug-likeness (QED) is 0.894. The van der Waals surface area contributed by atoms with Crippen LogP contribution in [-0.4, -0.2) is 5.11 Å². The van der Waals surface area contributed by atoms with Crippen LogP contribution in [0.1, 0.15) is 22.8 Å². The average molecular weight is 283 g/mol. The molecule has 0 fully saturated rings. The Balaban J connectivity index is 2.27. The number of rotatable bonds is 3. The number of aliphatic hydroxyl groups is 1. The van der Waals surface area contributed by atoms with Gasteiger partial charge in [0.1, 0.15) is 11.6 Å². The zero-order valence-electron chi connectivity index (χ0n) is 10.3. The molecule has 1 atom stereocenters. The molecule has 2 aromatic carbocycles. The molecular formula is C15H13ClF2O. The third-order valence-corrected chi connectivity index (χ3v) is 3.25. The van der Waals surface area contributed by atoms with Crippen molar-refractivity contribution in [2.45, 2.75) is 19.4 Å². The number of hydrogen-bond donors (Lipinski definition) is 1. The first-order valence-corrected chi connectivity index (χ1v) is 6.24. The minimum Gasteiger partial charge on any atom is -0.388 e. The van der Waals surface area contributed by atoms with Crippen molar-refractivity contribution in [2.24, 2.45) is 0 Å². The summed E-state index contributed by atoms with van der Waals surface area (Å²) in [7, 11) is 0. The summed E-state index contributed by atoms with van der Waals surface area (Å²) in [4.78, 5) is 0. The van der Waals surface area contributed by atoms with Gasteiger partial charge in [-0.15, -0.1) is 0 Å². The molecule has 0 aliphatic rings. The van der Waals surface area contributed by atoms with Crippen LogP contribution in [0.5, 0.6) is 0 Å². The van der Waals surface area contributed by atoms with E-state index < -0.39 is 17.7 Å². The van der Waals surface area contributed by atoms with E-state index in [2.05, 4.69) is 0 Å². The molecule has 0 heterocycles. The van der Waals surface area contributed by atoms with Crippen molar-refractivity contribution in [1.29, 1.82) is 0 Å². The van der Waals surface area contributed by atoms with Gasteiger partial charge in [0.25, 0.3) is 0 Å². The molecule has 0 aliphatic heterocycles. The molecule has 1 unspecified atom stereocenters. The van der Waals surface area contributed by atoms with Crippen molar-refractivity contribution in [2.75, 3.05) is 0 Å². The highest BCUT2D eigenvalue weighted by atomic mass is 35.5. The molecule has 0 aliphatic carbocycles. The maximum atomic E-state index is 13.9. The molecule has 19 heavy (non-hydrogen) atoms. The van der Waals surface area contributed by atoms with Crippen LogP contribution in [0.25, 0.3) is 0 Å². The lowest BCUT2D eigenvalue weighted by Gasteiger charge is -2.14. The highest BCUT2D eigenvalue weighted by molar-refractivity contribution is 6.30. The monoisotopic (exact) mass is 282 g/mol. The van der Waals surface area contributed by atoms with Gasteiger partial charge in [0.05, 0.1) is 11.7 Å². The molecule has 2 aromatic rings. The fourth-order valence-electron chi connectivity index (χ4n) is 1.93. The Hall–Kier alpha value is -1.45. The average Bonchev–Trinajstić information content (AvgIpc) is 2.37. The van der Waals surface area contributed by atoms with Gasteiger partial charge in [0.15, 0.2) is 0 Å². The Morgan fingerprint density at radius 2 is 1.74 bits per heavy atom. The van der Waals surface area contributed by atoms with Crippen LogP contribution in [0.2, 0.25) is 5.02 Å². The van der Waals surface area contributed by atoms with E-state index in [-0.39, 0.29) is 12.0 Å². The van der Waals surface area contributed by atoms with Gasteiger partial charge in [-0.25, -0.2) is 8.78 Å². The number of aliphatic hydroxyl groups excluding tert-OH is 1.